The van der Waals surface area contributed by atoms with Gasteiger partial charge in [0.1, 0.15) is 11.2 Å². The number of para-hydroxylation sites is 1. The number of furan rings is 1. The van der Waals surface area contributed by atoms with Crippen LogP contribution in [0.5, 0.6) is 0 Å². The van der Waals surface area contributed by atoms with Gasteiger partial charge in [-0.25, -0.2) is 0 Å². The third kappa shape index (κ3) is 5.72. The number of hydrogen-bond acceptors (Lipinski definition) is 3. The van der Waals surface area contributed by atoms with Gasteiger partial charge in [-0.3, -0.25) is 0 Å². The number of hydrogen-bond donors (Lipinski definition) is 1. The van der Waals surface area contributed by atoms with E-state index in [0.29, 0.717) is 0 Å². The molecule has 2 aliphatic rings. The lowest BCUT2D eigenvalue weighted by atomic mass is 9.63. The average Bonchev–Trinajstić information content (AvgIpc) is 3.95. The van der Waals surface area contributed by atoms with Crippen LogP contribution in [0, 0.1) is 0 Å². The first-order chi connectivity index (χ1) is 30.3. The molecule has 12 rings (SSSR count). The first-order valence-electron chi connectivity index (χ1n) is 22.9. The Labute approximate surface area is 381 Å². The molecule has 1 radical (unpaired) electrons. The lowest BCUT2D eigenvalue weighted by molar-refractivity contribution is 0.584. The van der Waals surface area contributed by atoms with E-state index < -0.39 is 0 Å². The zero-order chi connectivity index (χ0) is 44.4. The SMILES string of the molecule is CC(C)(C)c1ccc(Nc2cc3c(cc2-c2ccc4c5cc6oc7ccccc7c6cc5n5c4c2[B]c2sc4ccc(C(C)(C)C)cc4c2-5)C(C)(C)c2cc(C(C)(C)C)ccc2-3)cc1. The summed E-state index contributed by atoms with van der Waals surface area (Å²) in [6, 6.07) is 46.2. The molecule has 0 unspecified atom stereocenters. The molecular formula is C59H54BN2OS. The highest BCUT2D eigenvalue weighted by molar-refractivity contribution is 7.29. The molecule has 0 atom stereocenters. The minimum atomic E-state index is -0.187. The summed E-state index contributed by atoms with van der Waals surface area (Å²) < 4.78 is 11.8. The summed E-state index contributed by atoms with van der Waals surface area (Å²) in [5.74, 6) is 0. The van der Waals surface area contributed by atoms with E-state index in [4.69, 9.17) is 4.42 Å². The average molecular weight is 850 g/mol. The van der Waals surface area contributed by atoms with Gasteiger partial charge >= 0.3 is 0 Å². The quantitative estimate of drug-likeness (QED) is 0.180. The summed E-state index contributed by atoms with van der Waals surface area (Å²) >= 11 is 1.90. The van der Waals surface area contributed by atoms with Gasteiger partial charge in [0, 0.05) is 59.5 Å². The molecular weight excluding hydrogens is 796 g/mol. The van der Waals surface area contributed by atoms with E-state index in [1.54, 1.807) is 0 Å². The van der Waals surface area contributed by atoms with Gasteiger partial charge in [0.05, 0.1) is 11.2 Å². The number of anilines is 2. The summed E-state index contributed by atoms with van der Waals surface area (Å²) in [7, 11) is 2.50. The Kier molecular flexibility index (Phi) is 8.06. The molecule has 0 saturated heterocycles. The van der Waals surface area contributed by atoms with Gasteiger partial charge in [0.2, 0.25) is 7.28 Å². The monoisotopic (exact) mass is 849 g/mol. The van der Waals surface area contributed by atoms with Crippen molar-refractivity contribution < 1.29 is 4.42 Å². The third-order valence-corrected chi connectivity index (χ3v) is 15.6. The Morgan fingerprint density at radius 1 is 0.547 bits per heavy atom. The topological polar surface area (TPSA) is 30.1 Å². The molecule has 0 saturated carbocycles. The van der Waals surface area contributed by atoms with Crippen LogP contribution in [0.15, 0.2) is 126 Å². The van der Waals surface area contributed by atoms with E-state index in [1.807, 2.05) is 11.3 Å². The molecule has 0 fully saturated rings. The molecule has 0 bridgehead atoms. The zero-order valence-corrected chi connectivity index (χ0v) is 39.7. The number of benzene rings is 7. The minimum Gasteiger partial charge on any atom is -0.456 e. The summed E-state index contributed by atoms with van der Waals surface area (Å²) in [4.78, 5) is 0. The highest BCUT2D eigenvalue weighted by atomic mass is 32.1. The standard InChI is InChI=1S/C59H54BN2OS/c1-56(2,3)32-16-20-35(21-17-32)61-47-29-40-36-22-18-34(58(7,8)9)27-45(36)59(10,11)46(40)28-41(47)38-23-24-39-42-31-50-43(37-14-12-13-15-49(37)63-50)30-48(42)62-53(39)52(38)60-55-54(62)44-26-33(57(4,5)6)19-25-51(44)64-55/h12-31,61H,1-11H3. The van der Waals surface area contributed by atoms with E-state index in [1.165, 1.54) is 97.9 Å². The highest BCUT2D eigenvalue weighted by Crippen LogP contribution is 2.53. The van der Waals surface area contributed by atoms with Crippen LogP contribution in [0.2, 0.25) is 0 Å². The number of nitrogens with zero attached hydrogens (tertiary/aromatic N) is 1. The number of rotatable bonds is 3. The summed E-state index contributed by atoms with van der Waals surface area (Å²) in [5.41, 5.74) is 20.9. The van der Waals surface area contributed by atoms with Gasteiger partial charge in [0.25, 0.3) is 0 Å². The van der Waals surface area contributed by atoms with Crippen LogP contribution >= 0.6 is 11.3 Å². The molecule has 4 heterocycles. The Morgan fingerprint density at radius 2 is 1.22 bits per heavy atom. The number of aromatic nitrogens is 1. The molecule has 10 aromatic rings. The molecule has 315 valence electrons. The molecule has 5 heteroatoms. The Balaban J connectivity index is 1.15. The van der Waals surface area contributed by atoms with Crippen LogP contribution in [0.4, 0.5) is 11.4 Å². The molecule has 0 spiro atoms. The number of thiophene rings is 1. The predicted octanol–water partition coefficient (Wildman–Crippen LogP) is 15.5. The Hall–Kier alpha value is -6.04. The van der Waals surface area contributed by atoms with Crippen LogP contribution in [-0.2, 0) is 21.7 Å². The largest absolute Gasteiger partial charge is 0.456 e. The maximum atomic E-state index is 6.56. The van der Waals surface area contributed by atoms with E-state index in [0.717, 1.165) is 33.3 Å². The summed E-state index contributed by atoms with van der Waals surface area (Å²) in [6.07, 6.45) is 0. The van der Waals surface area contributed by atoms with Gasteiger partial charge < -0.3 is 14.3 Å². The van der Waals surface area contributed by atoms with Crippen LogP contribution in [-0.4, -0.2) is 11.8 Å². The maximum Gasteiger partial charge on any atom is 0.211 e. The van der Waals surface area contributed by atoms with Gasteiger partial charge in [-0.15, -0.1) is 11.3 Å². The van der Waals surface area contributed by atoms with Gasteiger partial charge in [-0.1, -0.05) is 143 Å². The van der Waals surface area contributed by atoms with Crippen LogP contribution in [0.3, 0.4) is 0 Å². The fourth-order valence-electron chi connectivity index (χ4n) is 10.8. The summed E-state index contributed by atoms with van der Waals surface area (Å²) in [5, 5.41) is 10.0. The van der Waals surface area contributed by atoms with E-state index in [2.05, 4.69) is 215 Å². The first kappa shape index (κ1) is 39.5. The zero-order valence-electron chi connectivity index (χ0n) is 38.9. The molecule has 3 nitrogen and oxygen atoms in total. The Bertz CT molecular complexity index is 3630. The van der Waals surface area contributed by atoms with E-state index in [9.17, 15) is 0 Å². The minimum absolute atomic E-state index is 0.0220. The van der Waals surface area contributed by atoms with E-state index >= 15 is 0 Å². The predicted molar refractivity (Wildman–Crippen MR) is 277 cm³/mol. The molecule has 7 aromatic carbocycles. The van der Waals surface area contributed by atoms with Crippen molar-refractivity contribution in [3.05, 3.63) is 149 Å². The maximum absolute atomic E-state index is 6.56. The second-order valence-electron chi connectivity index (χ2n) is 22.2. The van der Waals surface area contributed by atoms with Crippen LogP contribution in [0.25, 0.3) is 81.8 Å². The molecule has 64 heavy (non-hydrogen) atoms. The second kappa shape index (κ2) is 13.0. The molecule has 0 amide bonds. The van der Waals surface area contributed by atoms with Crippen LogP contribution < -0.4 is 15.6 Å². The van der Waals surface area contributed by atoms with Crippen molar-refractivity contribution in [2.24, 2.45) is 0 Å². The molecule has 1 aliphatic heterocycles. The second-order valence-corrected chi connectivity index (χ2v) is 23.3. The van der Waals surface area contributed by atoms with Crippen molar-refractivity contribution in [2.45, 2.75) is 97.8 Å². The normalized spacial score (nSPS) is 14.4. The van der Waals surface area contributed by atoms with Crippen molar-refractivity contribution in [3.63, 3.8) is 0 Å². The molecule has 1 aliphatic carbocycles. The van der Waals surface area contributed by atoms with E-state index in [-0.39, 0.29) is 21.7 Å². The first-order valence-corrected chi connectivity index (χ1v) is 23.7. The van der Waals surface area contributed by atoms with Crippen molar-refractivity contribution in [1.29, 1.82) is 0 Å². The number of fused-ring (bicyclic) bond motifs is 13. The fraction of sp³-hybridized carbons (Fsp3) is 0.254. The van der Waals surface area contributed by atoms with Gasteiger partial charge in [0.15, 0.2) is 0 Å². The van der Waals surface area contributed by atoms with Crippen LogP contribution in [0.1, 0.15) is 104 Å². The van der Waals surface area contributed by atoms with Crippen molar-refractivity contribution in [3.8, 4) is 27.9 Å². The smallest absolute Gasteiger partial charge is 0.211 e. The van der Waals surface area contributed by atoms with Crippen molar-refractivity contribution in [1.82, 2.24) is 4.57 Å². The number of nitrogens with one attached hydrogen (secondary N) is 1. The lowest BCUT2D eigenvalue weighted by Crippen LogP contribution is -2.35. The Morgan fingerprint density at radius 3 is 1.97 bits per heavy atom. The van der Waals surface area contributed by atoms with Crippen molar-refractivity contribution in [2.75, 3.05) is 5.32 Å². The summed E-state index contributed by atoms with van der Waals surface area (Å²) in [6.45, 7) is 25.6. The molecule has 1 N–H and O–H groups in total. The van der Waals surface area contributed by atoms with Crippen molar-refractivity contribution >= 4 is 94.1 Å². The van der Waals surface area contributed by atoms with Gasteiger partial charge in [-0.05, 0) is 126 Å². The fourth-order valence-corrected chi connectivity index (χ4v) is 11.9. The lowest BCUT2D eigenvalue weighted by Gasteiger charge is -2.26. The third-order valence-electron chi connectivity index (χ3n) is 14.5. The molecule has 3 aromatic heterocycles. The highest BCUT2D eigenvalue weighted by Gasteiger charge is 2.38. The van der Waals surface area contributed by atoms with Gasteiger partial charge in [-0.2, -0.15) is 0 Å².